The molecule has 1 aliphatic rings. The normalized spacial score (nSPS) is 22.9. The van der Waals surface area contributed by atoms with Crippen LogP contribution in [0.15, 0.2) is 46.0 Å². The number of allylic oxidation sites excluding steroid dienone is 5. The molecule has 1 aromatic heterocycles. The first kappa shape index (κ1) is 11.4. The van der Waals surface area contributed by atoms with Crippen LogP contribution in [0.4, 0.5) is 0 Å². The van der Waals surface area contributed by atoms with E-state index in [0.29, 0.717) is 0 Å². The monoisotopic (exact) mass is 233 g/mol. The van der Waals surface area contributed by atoms with Gasteiger partial charge in [0.1, 0.15) is 0 Å². The molecule has 0 bridgehead atoms. The lowest BCUT2D eigenvalue weighted by Gasteiger charge is -2.24. The van der Waals surface area contributed by atoms with Crippen LogP contribution in [0.1, 0.15) is 13.0 Å². The Kier molecular flexibility index (Phi) is 2.75. The van der Waals surface area contributed by atoms with Crippen molar-refractivity contribution in [2.45, 2.75) is 13.0 Å². The second-order valence-electron chi connectivity index (χ2n) is 4.26. The van der Waals surface area contributed by atoms with Crippen LogP contribution in [0.2, 0.25) is 0 Å². The van der Waals surface area contributed by atoms with Gasteiger partial charge in [-0.1, -0.05) is 36.5 Å². The fourth-order valence-corrected chi connectivity index (χ4v) is 1.97. The molecule has 90 valence electrons. The summed E-state index contributed by atoms with van der Waals surface area (Å²) in [6, 6.07) is -0.209. The summed E-state index contributed by atoms with van der Waals surface area (Å²) in [6.45, 7) is 5.82. The van der Waals surface area contributed by atoms with Crippen LogP contribution in [0.5, 0.6) is 0 Å². The van der Waals surface area contributed by atoms with E-state index in [-0.39, 0.29) is 17.6 Å². The van der Waals surface area contributed by atoms with Gasteiger partial charge in [-0.25, -0.2) is 23.9 Å². The summed E-state index contributed by atoms with van der Waals surface area (Å²) in [7, 11) is 1.45. The molecule has 0 aliphatic heterocycles. The predicted octanol–water partition coefficient (Wildman–Crippen LogP) is 0.734. The number of hydrogen-bond acceptors (Lipinski definition) is 2. The lowest BCUT2D eigenvalue weighted by atomic mass is 9.90. The maximum atomic E-state index is 11.9. The first-order chi connectivity index (χ1) is 8.02. The highest BCUT2D eigenvalue weighted by atomic mass is 16.2. The number of hydrogen-bond donors (Lipinski definition) is 1. The van der Waals surface area contributed by atoms with Gasteiger partial charge in [0.25, 0.3) is 0 Å². The van der Waals surface area contributed by atoms with Gasteiger partial charge in [-0.05, 0) is 6.92 Å². The SMILES string of the molecule is C=C(C)[C@H]1C=CC=C[C@@H]1n1[nH]c(=O)n(C)c1=O. The van der Waals surface area contributed by atoms with E-state index in [1.165, 1.54) is 11.7 Å². The molecule has 0 fully saturated rings. The quantitative estimate of drug-likeness (QED) is 0.766. The molecule has 5 nitrogen and oxygen atoms in total. The van der Waals surface area contributed by atoms with Crippen molar-refractivity contribution in [1.82, 2.24) is 14.3 Å². The first-order valence-electron chi connectivity index (χ1n) is 5.40. The van der Waals surface area contributed by atoms with Crippen molar-refractivity contribution in [3.8, 4) is 0 Å². The summed E-state index contributed by atoms with van der Waals surface area (Å²) in [5.74, 6) is 0.0238. The van der Waals surface area contributed by atoms with Crippen LogP contribution in [0, 0.1) is 5.92 Å². The largest absolute Gasteiger partial charge is 0.347 e. The smallest absolute Gasteiger partial charge is 0.246 e. The average Bonchev–Trinajstić information content (AvgIpc) is 2.57. The Morgan fingerprint density at radius 2 is 2.00 bits per heavy atom. The summed E-state index contributed by atoms with van der Waals surface area (Å²) < 4.78 is 2.41. The molecule has 0 amide bonds. The zero-order chi connectivity index (χ0) is 12.6. The summed E-state index contributed by atoms with van der Waals surface area (Å²) in [5.41, 5.74) is 0.205. The van der Waals surface area contributed by atoms with Crippen molar-refractivity contribution in [2.75, 3.05) is 0 Å². The van der Waals surface area contributed by atoms with Gasteiger partial charge < -0.3 is 0 Å². The maximum absolute atomic E-state index is 11.9. The third kappa shape index (κ3) is 1.84. The molecule has 17 heavy (non-hydrogen) atoms. The molecule has 2 atom stereocenters. The second-order valence-corrected chi connectivity index (χ2v) is 4.26. The molecule has 0 unspecified atom stereocenters. The van der Waals surface area contributed by atoms with E-state index in [2.05, 4.69) is 11.7 Å². The summed E-state index contributed by atoms with van der Waals surface area (Å²) >= 11 is 0. The molecule has 0 aromatic carbocycles. The maximum Gasteiger partial charge on any atom is 0.347 e. The van der Waals surface area contributed by atoms with Crippen molar-refractivity contribution in [3.63, 3.8) is 0 Å². The Labute approximate surface area is 98.4 Å². The van der Waals surface area contributed by atoms with E-state index in [1.54, 1.807) is 0 Å². The third-order valence-electron chi connectivity index (χ3n) is 2.99. The highest BCUT2D eigenvalue weighted by Gasteiger charge is 2.24. The minimum absolute atomic E-state index is 0.0238. The minimum Gasteiger partial charge on any atom is -0.246 e. The molecule has 0 saturated carbocycles. The van der Waals surface area contributed by atoms with E-state index in [9.17, 15) is 9.59 Å². The fraction of sp³-hybridized carbons (Fsp3) is 0.333. The first-order valence-corrected chi connectivity index (χ1v) is 5.40. The van der Waals surface area contributed by atoms with Gasteiger partial charge in [0.05, 0.1) is 6.04 Å². The summed E-state index contributed by atoms with van der Waals surface area (Å²) in [5, 5.41) is 2.55. The minimum atomic E-state index is -0.404. The fourth-order valence-electron chi connectivity index (χ4n) is 1.97. The molecule has 1 aliphatic carbocycles. The van der Waals surface area contributed by atoms with Crippen molar-refractivity contribution in [3.05, 3.63) is 57.4 Å². The number of aromatic nitrogens is 3. The van der Waals surface area contributed by atoms with E-state index < -0.39 is 5.69 Å². The van der Waals surface area contributed by atoms with Crippen LogP contribution in [-0.4, -0.2) is 14.3 Å². The Morgan fingerprint density at radius 3 is 2.53 bits per heavy atom. The number of nitrogens with one attached hydrogen (secondary N) is 1. The van der Waals surface area contributed by atoms with Crippen LogP contribution in [-0.2, 0) is 7.05 Å². The molecule has 1 N–H and O–H groups in total. The zero-order valence-corrected chi connectivity index (χ0v) is 9.88. The Bertz CT molecular complexity index is 612. The lowest BCUT2D eigenvalue weighted by Crippen LogP contribution is -2.31. The molecule has 1 aromatic rings. The van der Waals surface area contributed by atoms with Gasteiger partial charge >= 0.3 is 11.4 Å². The van der Waals surface area contributed by atoms with Crippen LogP contribution < -0.4 is 11.4 Å². The van der Waals surface area contributed by atoms with E-state index >= 15 is 0 Å². The Hall–Kier alpha value is -2.04. The molecule has 0 radical (unpaired) electrons. The summed E-state index contributed by atoms with van der Waals surface area (Å²) in [4.78, 5) is 23.3. The van der Waals surface area contributed by atoms with Crippen molar-refractivity contribution in [2.24, 2.45) is 13.0 Å². The van der Waals surface area contributed by atoms with E-state index in [0.717, 1.165) is 10.1 Å². The molecule has 0 spiro atoms. The molecule has 0 saturated heterocycles. The van der Waals surface area contributed by atoms with E-state index in [4.69, 9.17) is 0 Å². The van der Waals surface area contributed by atoms with Crippen molar-refractivity contribution >= 4 is 0 Å². The van der Waals surface area contributed by atoms with E-state index in [1.807, 2.05) is 31.2 Å². The van der Waals surface area contributed by atoms with Gasteiger partial charge in [0.2, 0.25) is 0 Å². The van der Waals surface area contributed by atoms with Gasteiger partial charge in [-0.3, -0.25) is 0 Å². The number of nitrogens with zero attached hydrogens (tertiary/aromatic N) is 2. The third-order valence-corrected chi connectivity index (χ3v) is 2.99. The highest BCUT2D eigenvalue weighted by Crippen LogP contribution is 2.27. The number of rotatable bonds is 2. The molecular formula is C12H15N3O2. The Morgan fingerprint density at radius 1 is 1.35 bits per heavy atom. The number of aromatic amines is 1. The standard InChI is InChI=1S/C12H15N3O2/c1-8(2)9-6-4-5-7-10(9)15-12(17)14(3)11(16)13-15/h4-7,9-10H,1H2,2-3H3,(H,13,16)/t9-,10+/m1/s1. The van der Waals surface area contributed by atoms with Crippen LogP contribution in [0.25, 0.3) is 0 Å². The zero-order valence-electron chi connectivity index (χ0n) is 9.88. The van der Waals surface area contributed by atoms with Gasteiger partial charge in [0.15, 0.2) is 0 Å². The predicted molar refractivity (Wildman–Crippen MR) is 65.9 cm³/mol. The van der Waals surface area contributed by atoms with Gasteiger partial charge in [0, 0.05) is 13.0 Å². The second kappa shape index (κ2) is 4.08. The molecule has 1 heterocycles. The van der Waals surface area contributed by atoms with Crippen LogP contribution in [0.3, 0.4) is 0 Å². The van der Waals surface area contributed by atoms with Gasteiger partial charge in [-0.15, -0.1) is 0 Å². The van der Waals surface area contributed by atoms with Gasteiger partial charge in [-0.2, -0.15) is 0 Å². The summed E-state index contributed by atoms with van der Waals surface area (Å²) in [6.07, 6.45) is 7.64. The molecule has 2 rings (SSSR count). The molecule has 5 heteroatoms. The topological polar surface area (TPSA) is 59.8 Å². The highest BCUT2D eigenvalue weighted by molar-refractivity contribution is 5.23. The average molecular weight is 233 g/mol. The van der Waals surface area contributed by atoms with Crippen molar-refractivity contribution in [1.29, 1.82) is 0 Å². The van der Waals surface area contributed by atoms with Crippen molar-refractivity contribution < 1.29 is 0 Å². The lowest BCUT2D eigenvalue weighted by molar-refractivity contribution is 0.442. The number of H-pyrrole nitrogens is 1. The molecular weight excluding hydrogens is 218 g/mol. The van der Waals surface area contributed by atoms with Crippen LogP contribution >= 0.6 is 0 Å². The Balaban J connectivity index is 2.52.